The molecule has 7 nitrogen and oxygen atoms in total. The summed E-state index contributed by atoms with van der Waals surface area (Å²) in [7, 11) is -2.13. The molecule has 0 saturated carbocycles. The van der Waals surface area contributed by atoms with Gasteiger partial charge in [0.1, 0.15) is 5.56 Å². The molecule has 8 heteroatoms. The van der Waals surface area contributed by atoms with Crippen molar-refractivity contribution in [3.05, 3.63) is 64.1 Å². The molecule has 23 heavy (non-hydrogen) atoms. The number of nitrogens with one attached hydrogen (secondary N) is 1. The molecule has 0 atom stereocenters. The summed E-state index contributed by atoms with van der Waals surface area (Å²) in [5.41, 5.74) is 0.570. The maximum absolute atomic E-state index is 12.0. The normalized spacial score (nSPS) is 11.2. The van der Waals surface area contributed by atoms with Gasteiger partial charge in [-0.05, 0) is 36.2 Å². The summed E-state index contributed by atoms with van der Waals surface area (Å²) in [6, 6.07) is 9.20. The van der Waals surface area contributed by atoms with Gasteiger partial charge in [-0.2, -0.15) is 0 Å². The summed E-state index contributed by atoms with van der Waals surface area (Å²) >= 11 is 0. The monoisotopic (exact) mass is 335 g/mol. The number of pyridine rings is 1. The Balaban J connectivity index is 1.96. The van der Waals surface area contributed by atoms with Gasteiger partial charge in [-0.1, -0.05) is 12.1 Å². The van der Waals surface area contributed by atoms with Crippen molar-refractivity contribution in [3.8, 4) is 0 Å². The molecule has 0 aliphatic rings. The SMILES string of the molecule is Cn1cccc(C(=O)NCCc2ccc(S(N)(=O)=O)cc2)c1=O. The molecule has 2 rings (SSSR count). The number of sulfonamides is 1. The minimum Gasteiger partial charge on any atom is -0.352 e. The maximum atomic E-state index is 12.0. The first-order chi connectivity index (χ1) is 10.8. The van der Waals surface area contributed by atoms with E-state index in [4.69, 9.17) is 5.14 Å². The van der Waals surface area contributed by atoms with E-state index in [0.717, 1.165) is 5.56 Å². The zero-order valence-corrected chi connectivity index (χ0v) is 13.3. The zero-order valence-electron chi connectivity index (χ0n) is 12.5. The molecule has 1 heterocycles. The van der Waals surface area contributed by atoms with Crippen LogP contribution < -0.4 is 16.0 Å². The molecule has 1 aromatic heterocycles. The first-order valence-corrected chi connectivity index (χ1v) is 8.39. The number of primary sulfonamides is 1. The summed E-state index contributed by atoms with van der Waals surface area (Å²) < 4.78 is 23.6. The number of aromatic nitrogens is 1. The largest absolute Gasteiger partial charge is 0.352 e. The van der Waals surface area contributed by atoms with Crippen LogP contribution in [0.5, 0.6) is 0 Å². The number of carbonyl (C=O) groups is 1. The van der Waals surface area contributed by atoms with Crippen LogP contribution in [0.3, 0.4) is 0 Å². The fraction of sp³-hybridized carbons (Fsp3) is 0.200. The molecule has 0 fully saturated rings. The second-order valence-corrected chi connectivity index (χ2v) is 6.59. The van der Waals surface area contributed by atoms with Crippen molar-refractivity contribution in [1.82, 2.24) is 9.88 Å². The number of amides is 1. The summed E-state index contributed by atoms with van der Waals surface area (Å²) in [6.07, 6.45) is 2.08. The van der Waals surface area contributed by atoms with Gasteiger partial charge in [-0.15, -0.1) is 0 Å². The van der Waals surface area contributed by atoms with Gasteiger partial charge < -0.3 is 9.88 Å². The summed E-state index contributed by atoms with van der Waals surface area (Å²) in [4.78, 5) is 23.8. The number of nitrogens with zero attached hydrogens (tertiary/aromatic N) is 1. The van der Waals surface area contributed by atoms with E-state index >= 15 is 0 Å². The lowest BCUT2D eigenvalue weighted by molar-refractivity contribution is 0.0952. The molecule has 2 aromatic rings. The molecule has 0 bridgehead atoms. The van der Waals surface area contributed by atoms with Gasteiger partial charge in [0.25, 0.3) is 11.5 Å². The molecular weight excluding hydrogens is 318 g/mol. The topological polar surface area (TPSA) is 111 Å². The highest BCUT2D eigenvalue weighted by molar-refractivity contribution is 7.89. The summed E-state index contributed by atoms with van der Waals surface area (Å²) in [5.74, 6) is -0.438. The van der Waals surface area contributed by atoms with Crippen LogP contribution in [0.4, 0.5) is 0 Å². The number of hydrogen-bond acceptors (Lipinski definition) is 4. The molecule has 3 N–H and O–H groups in total. The van der Waals surface area contributed by atoms with E-state index in [9.17, 15) is 18.0 Å². The van der Waals surface area contributed by atoms with Crippen LogP contribution in [-0.4, -0.2) is 25.4 Å². The molecule has 0 aliphatic heterocycles. The molecule has 0 radical (unpaired) electrons. The Hall–Kier alpha value is -2.45. The lowest BCUT2D eigenvalue weighted by atomic mass is 10.1. The van der Waals surface area contributed by atoms with Gasteiger partial charge >= 0.3 is 0 Å². The minimum absolute atomic E-state index is 0.0399. The fourth-order valence-electron chi connectivity index (χ4n) is 2.03. The van der Waals surface area contributed by atoms with Gasteiger partial charge in [0.2, 0.25) is 10.0 Å². The van der Waals surface area contributed by atoms with Gasteiger partial charge in [0, 0.05) is 19.8 Å². The third-order valence-electron chi connectivity index (χ3n) is 3.32. The third kappa shape index (κ3) is 4.27. The molecule has 1 amide bonds. The Morgan fingerprint density at radius 2 is 1.87 bits per heavy atom. The zero-order chi connectivity index (χ0) is 17.0. The highest BCUT2D eigenvalue weighted by atomic mass is 32.2. The van der Waals surface area contributed by atoms with E-state index in [1.54, 1.807) is 31.4 Å². The fourth-order valence-corrected chi connectivity index (χ4v) is 2.55. The predicted molar refractivity (Wildman–Crippen MR) is 85.5 cm³/mol. The Morgan fingerprint density at radius 1 is 1.22 bits per heavy atom. The van der Waals surface area contributed by atoms with Crippen LogP contribution in [0.1, 0.15) is 15.9 Å². The van der Waals surface area contributed by atoms with Gasteiger partial charge in [-0.25, -0.2) is 13.6 Å². The number of aryl methyl sites for hydroxylation is 1. The quantitative estimate of drug-likeness (QED) is 0.801. The van der Waals surface area contributed by atoms with Crippen molar-refractivity contribution in [2.24, 2.45) is 12.2 Å². The van der Waals surface area contributed by atoms with Crippen molar-refractivity contribution < 1.29 is 13.2 Å². The number of carbonyl (C=O) groups excluding carboxylic acids is 1. The van der Waals surface area contributed by atoms with Crippen LogP contribution in [-0.2, 0) is 23.5 Å². The average molecular weight is 335 g/mol. The first kappa shape index (κ1) is 16.9. The highest BCUT2D eigenvalue weighted by Crippen LogP contribution is 2.08. The van der Waals surface area contributed by atoms with E-state index in [0.29, 0.717) is 13.0 Å². The molecule has 1 aromatic carbocycles. The number of rotatable bonds is 5. The summed E-state index contributed by atoms with van der Waals surface area (Å²) in [6.45, 7) is 0.325. The smallest absolute Gasteiger partial charge is 0.263 e. The van der Waals surface area contributed by atoms with Gasteiger partial charge in [-0.3, -0.25) is 9.59 Å². The first-order valence-electron chi connectivity index (χ1n) is 6.84. The number of hydrogen-bond donors (Lipinski definition) is 2. The second kappa shape index (κ2) is 6.76. The van der Waals surface area contributed by atoms with Crippen molar-refractivity contribution >= 4 is 15.9 Å². The minimum atomic E-state index is -3.71. The lowest BCUT2D eigenvalue weighted by Crippen LogP contribution is -2.32. The Labute approximate surface area is 133 Å². The predicted octanol–water partition coefficient (Wildman–Crippen LogP) is 0.00520. The van der Waals surface area contributed by atoms with E-state index < -0.39 is 15.9 Å². The van der Waals surface area contributed by atoms with Crippen molar-refractivity contribution in [2.75, 3.05) is 6.54 Å². The third-order valence-corrected chi connectivity index (χ3v) is 4.25. The molecule has 0 unspecified atom stereocenters. The van der Waals surface area contributed by atoms with E-state index in [2.05, 4.69) is 5.32 Å². The average Bonchev–Trinajstić information content (AvgIpc) is 2.49. The summed E-state index contributed by atoms with van der Waals surface area (Å²) in [5, 5.41) is 7.69. The lowest BCUT2D eigenvalue weighted by Gasteiger charge is -2.06. The van der Waals surface area contributed by atoms with Crippen LogP contribution in [0.2, 0.25) is 0 Å². The molecule has 0 spiro atoms. The van der Waals surface area contributed by atoms with Crippen LogP contribution in [0.15, 0.2) is 52.3 Å². The molecular formula is C15H17N3O4S. The van der Waals surface area contributed by atoms with Crippen LogP contribution in [0, 0.1) is 0 Å². The van der Waals surface area contributed by atoms with Gasteiger partial charge in [0.05, 0.1) is 4.90 Å². The van der Waals surface area contributed by atoms with Crippen molar-refractivity contribution in [1.29, 1.82) is 0 Å². The van der Waals surface area contributed by atoms with Gasteiger partial charge in [0.15, 0.2) is 0 Å². The van der Waals surface area contributed by atoms with Crippen LogP contribution in [0.25, 0.3) is 0 Å². The van der Waals surface area contributed by atoms with Crippen LogP contribution >= 0.6 is 0 Å². The number of benzene rings is 1. The van der Waals surface area contributed by atoms with E-state index in [1.165, 1.54) is 22.8 Å². The standard InChI is InChI=1S/C15H17N3O4S/c1-18-10-2-3-13(15(18)20)14(19)17-9-8-11-4-6-12(7-5-11)23(16,21)22/h2-7,10H,8-9H2,1H3,(H,17,19)(H2,16,21,22). The molecule has 122 valence electrons. The molecule has 0 aliphatic carbocycles. The highest BCUT2D eigenvalue weighted by Gasteiger charge is 2.10. The Bertz CT molecular complexity index is 870. The van der Waals surface area contributed by atoms with E-state index in [-0.39, 0.29) is 16.0 Å². The van der Waals surface area contributed by atoms with E-state index in [1.807, 2.05) is 0 Å². The molecule has 0 saturated heterocycles. The van der Waals surface area contributed by atoms with Crippen molar-refractivity contribution in [3.63, 3.8) is 0 Å². The number of nitrogens with two attached hydrogens (primary N) is 1. The van der Waals surface area contributed by atoms with Crippen molar-refractivity contribution in [2.45, 2.75) is 11.3 Å². The second-order valence-electron chi connectivity index (χ2n) is 5.03. The Kier molecular flexibility index (Phi) is 4.97. The maximum Gasteiger partial charge on any atom is 0.263 e. The Morgan fingerprint density at radius 3 is 2.48 bits per heavy atom.